The molecule has 234 valence electrons. The third kappa shape index (κ3) is 9.85. The van der Waals surface area contributed by atoms with Gasteiger partial charge in [-0.2, -0.15) is 31.3 Å². The second kappa shape index (κ2) is 13.1. The molecule has 0 saturated heterocycles. The Labute approximate surface area is 239 Å². The van der Waals surface area contributed by atoms with Crippen molar-refractivity contribution in [2.75, 3.05) is 31.3 Å². The van der Waals surface area contributed by atoms with Gasteiger partial charge in [0.05, 0.1) is 19.5 Å². The van der Waals surface area contributed by atoms with Gasteiger partial charge in [-0.05, 0) is 24.1 Å². The zero-order chi connectivity index (χ0) is 31.5. The molecule has 2 unspecified atom stereocenters. The average Bonchev–Trinajstić information content (AvgIpc) is 3.20. The Morgan fingerprint density at radius 2 is 1.67 bits per heavy atom. The number of fused-ring (bicyclic) bond motifs is 1. The number of nitrogens with two attached hydrogens (primary N) is 1. The van der Waals surface area contributed by atoms with Gasteiger partial charge in [0.25, 0.3) is 0 Å². The number of alkyl halides is 6. The van der Waals surface area contributed by atoms with E-state index in [1.54, 1.807) is 24.3 Å². The smallest absolute Gasteiger partial charge is 0.398 e. The number of anilines is 1. The molecule has 1 aromatic carbocycles. The van der Waals surface area contributed by atoms with Crippen molar-refractivity contribution in [1.29, 1.82) is 0 Å². The number of nitrogen functional groups attached to an aromatic ring is 1. The zero-order valence-electron chi connectivity index (χ0n) is 22.0. The Morgan fingerprint density at radius 3 is 2.24 bits per heavy atom. The molecule has 3 aromatic rings. The predicted octanol–water partition coefficient (Wildman–Crippen LogP) is 5.56. The monoisotopic (exact) mass is 665 g/mol. The highest BCUT2D eigenvalue weighted by molar-refractivity contribution is 7.99. The van der Waals surface area contributed by atoms with Crippen molar-refractivity contribution in [3.8, 4) is 5.75 Å². The number of benzene rings is 1. The first-order valence-corrected chi connectivity index (χ1v) is 16.7. The standard InChI is InChI=1S/C22H27F6N5O6P2S/c1-13(2)9-39-14-4-3-5-15(8-14)42-18-16-17(31-19(29)32-18)33(12-30-16)6-7-38-20(40(34,35)10-21(23,24)25)41(36,37)11-22(26,27)28/h3-5,8,12-13,20H,6-7,9-11H2,1-2H3,(H,34,35)(H,36,37)(H2,29,31,32). The number of hydrogen-bond donors (Lipinski definition) is 3. The lowest BCUT2D eigenvalue weighted by Gasteiger charge is -2.28. The lowest BCUT2D eigenvalue weighted by atomic mass is 10.2. The van der Waals surface area contributed by atoms with Crippen molar-refractivity contribution in [2.45, 2.75) is 48.3 Å². The van der Waals surface area contributed by atoms with E-state index >= 15 is 0 Å². The molecule has 0 aliphatic carbocycles. The number of halogens is 6. The summed E-state index contributed by atoms with van der Waals surface area (Å²) in [6, 6.07) is 7.09. The van der Waals surface area contributed by atoms with E-state index in [0.29, 0.717) is 28.2 Å². The molecule has 0 radical (unpaired) electrons. The van der Waals surface area contributed by atoms with E-state index in [1.165, 1.54) is 22.7 Å². The summed E-state index contributed by atoms with van der Waals surface area (Å²) in [4.78, 5) is 33.0. The predicted molar refractivity (Wildman–Crippen MR) is 142 cm³/mol. The quantitative estimate of drug-likeness (QED) is 0.119. The fourth-order valence-electron chi connectivity index (χ4n) is 3.61. The molecular weight excluding hydrogens is 638 g/mol. The first-order valence-electron chi connectivity index (χ1n) is 12.0. The van der Waals surface area contributed by atoms with Gasteiger partial charge < -0.3 is 29.6 Å². The molecule has 2 atom stereocenters. The van der Waals surface area contributed by atoms with E-state index in [1.807, 2.05) is 13.8 Å². The summed E-state index contributed by atoms with van der Waals surface area (Å²) >= 11 is 1.17. The van der Waals surface area contributed by atoms with E-state index in [0.717, 1.165) is 0 Å². The molecule has 20 heteroatoms. The van der Waals surface area contributed by atoms with Crippen molar-refractivity contribution in [1.82, 2.24) is 19.5 Å². The van der Waals surface area contributed by atoms with Gasteiger partial charge in [-0.15, -0.1) is 0 Å². The minimum Gasteiger partial charge on any atom is -0.493 e. The summed E-state index contributed by atoms with van der Waals surface area (Å²) in [5.41, 5.74) is 3.03. The van der Waals surface area contributed by atoms with Gasteiger partial charge >= 0.3 is 12.4 Å². The van der Waals surface area contributed by atoms with Crippen LogP contribution in [0.5, 0.6) is 5.75 Å². The zero-order valence-corrected chi connectivity index (χ0v) is 24.6. The molecular formula is C22H27F6N5O6P2S. The van der Waals surface area contributed by atoms with Crippen LogP contribution < -0.4 is 10.5 Å². The van der Waals surface area contributed by atoms with Gasteiger partial charge in [-0.3, -0.25) is 9.13 Å². The van der Waals surface area contributed by atoms with Crippen LogP contribution in [0.3, 0.4) is 0 Å². The van der Waals surface area contributed by atoms with Crippen LogP contribution in [-0.2, 0) is 20.4 Å². The average molecular weight is 665 g/mol. The summed E-state index contributed by atoms with van der Waals surface area (Å²) in [7, 11) is -11.6. The second-order valence-electron chi connectivity index (χ2n) is 9.53. The van der Waals surface area contributed by atoms with Gasteiger partial charge in [-0.25, -0.2) is 9.97 Å². The highest BCUT2D eigenvalue weighted by atomic mass is 32.2. The van der Waals surface area contributed by atoms with Crippen molar-refractivity contribution >= 4 is 43.6 Å². The normalized spacial score (nSPS) is 16.4. The van der Waals surface area contributed by atoms with E-state index in [-0.39, 0.29) is 17.1 Å². The van der Waals surface area contributed by atoms with E-state index in [4.69, 9.17) is 15.2 Å². The van der Waals surface area contributed by atoms with Crippen molar-refractivity contribution in [3.05, 3.63) is 30.6 Å². The van der Waals surface area contributed by atoms with Crippen LogP contribution in [0.2, 0.25) is 0 Å². The molecule has 2 aromatic heterocycles. The van der Waals surface area contributed by atoms with E-state index in [9.17, 15) is 45.3 Å². The molecule has 0 fully saturated rings. The van der Waals surface area contributed by atoms with Crippen LogP contribution in [0.4, 0.5) is 32.3 Å². The van der Waals surface area contributed by atoms with Gasteiger partial charge in [0, 0.05) is 11.4 Å². The van der Waals surface area contributed by atoms with Gasteiger partial charge in [0.15, 0.2) is 5.65 Å². The van der Waals surface area contributed by atoms with E-state index < -0.39 is 58.2 Å². The van der Waals surface area contributed by atoms with Crippen LogP contribution in [0, 0.1) is 5.92 Å². The summed E-state index contributed by atoms with van der Waals surface area (Å²) in [5.74, 6) is 0.726. The van der Waals surface area contributed by atoms with Gasteiger partial charge in [-0.1, -0.05) is 31.7 Å². The molecule has 42 heavy (non-hydrogen) atoms. The molecule has 0 aliphatic heterocycles. The molecule has 2 heterocycles. The SMILES string of the molecule is CC(C)COc1cccc(Sc2nc(N)nc3c2ncn3CCOC(P(=O)(O)CC(F)(F)F)P(=O)(O)CC(F)(F)F)c1. The lowest BCUT2D eigenvalue weighted by molar-refractivity contribution is -0.108. The van der Waals surface area contributed by atoms with Gasteiger partial charge in [0.2, 0.25) is 26.3 Å². The van der Waals surface area contributed by atoms with Crippen LogP contribution >= 0.6 is 26.5 Å². The topological polar surface area (TPSA) is 163 Å². The minimum absolute atomic E-state index is 0.0994. The number of rotatable bonds is 13. The summed E-state index contributed by atoms with van der Waals surface area (Å²) in [5, 5.41) is 0.311. The summed E-state index contributed by atoms with van der Waals surface area (Å²) in [6.45, 7) is 3.25. The molecule has 3 rings (SSSR count). The van der Waals surface area contributed by atoms with Crippen molar-refractivity contribution < 1.29 is 54.7 Å². The first-order chi connectivity index (χ1) is 19.3. The minimum atomic E-state index is -5.80. The molecule has 0 aliphatic rings. The third-order valence-corrected chi connectivity index (χ3v) is 11.6. The molecule has 4 N–H and O–H groups in total. The maximum Gasteiger partial charge on any atom is 0.398 e. The number of imidazole rings is 1. The van der Waals surface area contributed by atoms with Crippen LogP contribution in [0.25, 0.3) is 11.2 Å². The second-order valence-corrected chi connectivity index (χ2v) is 15.6. The molecule has 0 bridgehead atoms. The highest BCUT2D eigenvalue weighted by Gasteiger charge is 2.54. The maximum absolute atomic E-state index is 12.9. The number of nitrogens with zero attached hydrogens (tertiary/aromatic N) is 4. The van der Waals surface area contributed by atoms with Crippen LogP contribution in [0.15, 0.2) is 40.5 Å². The number of hydrogen-bond acceptors (Lipinski definition) is 9. The first kappa shape index (κ1) is 34.1. The van der Waals surface area contributed by atoms with Crippen molar-refractivity contribution in [3.63, 3.8) is 0 Å². The molecule has 0 spiro atoms. The Hall–Kier alpha value is -2.36. The fraction of sp³-hybridized carbons (Fsp3) is 0.500. The molecule has 0 amide bonds. The highest BCUT2D eigenvalue weighted by Crippen LogP contribution is 2.67. The Balaban J connectivity index is 1.83. The lowest BCUT2D eigenvalue weighted by Crippen LogP contribution is -2.27. The maximum atomic E-state index is 12.9. The summed E-state index contributed by atoms with van der Waals surface area (Å²) < 4.78 is 114. The molecule has 0 saturated carbocycles. The van der Waals surface area contributed by atoms with Crippen LogP contribution in [-0.4, -0.2) is 72.8 Å². The van der Waals surface area contributed by atoms with Gasteiger partial charge in [0.1, 0.15) is 28.6 Å². The van der Waals surface area contributed by atoms with E-state index in [2.05, 4.69) is 15.0 Å². The largest absolute Gasteiger partial charge is 0.493 e. The number of aromatic nitrogens is 4. The Morgan fingerprint density at radius 1 is 1.05 bits per heavy atom. The Bertz CT molecular complexity index is 1450. The summed E-state index contributed by atoms with van der Waals surface area (Å²) in [6.07, 6.45) is -14.5. The third-order valence-electron chi connectivity index (χ3n) is 5.15. The number of ether oxygens (including phenoxy) is 2. The fourth-order valence-corrected chi connectivity index (χ4v) is 9.30. The van der Waals surface area contributed by atoms with Crippen LogP contribution in [0.1, 0.15) is 13.8 Å². The Kier molecular flexibility index (Phi) is 10.6. The molecule has 11 nitrogen and oxygen atoms in total. The van der Waals surface area contributed by atoms with Crippen molar-refractivity contribution in [2.24, 2.45) is 5.92 Å².